The van der Waals surface area contributed by atoms with Crippen molar-refractivity contribution >= 4 is 15.9 Å². The molecule has 3 rings (SSSR count). The standard InChI is InChI=1S/C15H18BrF2N/c16-12-7-13(17)11(6-14(12)18)15(19)5-10-4-8-1-2-9(10)3-8/h6-10,15H,1-5,19H2. The number of fused-ring (bicyclic) bond motifs is 2. The lowest BCUT2D eigenvalue weighted by Crippen LogP contribution is -2.20. The summed E-state index contributed by atoms with van der Waals surface area (Å²) in [5.41, 5.74) is 6.41. The van der Waals surface area contributed by atoms with Gasteiger partial charge in [-0.05, 0) is 71.5 Å². The smallest absolute Gasteiger partial charge is 0.137 e. The van der Waals surface area contributed by atoms with Gasteiger partial charge in [-0.15, -0.1) is 0 Å². The molecule has 0 saturated heterocycles. The van der Waals surface area contributed by atoms with Gasteiger partial charge in [-0.25, -0.2) is 8.78 Å². The van der Waals surface area contributed by atoms with Crippen molar-refractivity contribution in [1.82, 2.24) is 0 Å². The largest absolute Gasteiger partial charge is 0.324 e. The van der Waals surface area contributed by atoms with Crippen LogP contribution in [0.25, 0.3) is 0 Å². The van der Waals surface area contributed by atoms with Gasteiger partial charge in [0.15, 0.2) is 0 Å². The van der Waals surface area contributed by atoms with Crippen molar-refractivity contribution in [3.8, 4) is 0 Å². The summed E-state index contributed by atoms with van der Waals surface area (Å²) in [6, 6.07) is 2.01. The molecule has 2 N–H and O–H groups in total. The van der Waals surface area contributed by atoms with E-state index in [-0.39, 0.29) is 4.47 Å². The van der Waals surface area contributed by atoms with E-state index in [0.717, 1.165) is 18.3 Å². The Hall–Kier alpha value is -0.480. The summed E-state index contributed by atoms with van der Waals surface area (Å²) in [4.78, 5) is 0. The van der Waals surface area contributed by atoms with E-state index in [2.05, 4.69) is 15.9 Å². The fourth-order valence-corrected chi connectivity index (χ4v) is 4.26. The fourth-order valence-electron chi connectivity index (χ4n) is 3.94. The molecule has 0 aromatic heterocycles. The second-order valence-electron chi connectivity index (χ2n) is 6.06. The van der Waals surface area contributed by atoms with Crippen molar-refractivity contribution in [2.24, 2.45) is 23.5 Å². The average Bonchev–Trinajstić information content (AvgIpc) is 2.95. The molecule has 1 nitrogen and oxygen atoms in total. The van der Waals surface area contributed by atoms with Gasteiger partial charge < -0.3 is 5.73 Å². The number of benzene rings is 1. The highest BCUT2D eigenvalue weighted by atomic mass is 79.9. The van der Waals surface area contributed by atoms with Gasteiger partial charge in [0.05, 0.1) is 4.47 Å². The number of rotatable bonds is 3. The normalized spacial score (nSPS) is 30.8. The van der Waals surface area contributed by atoms with E-state index in [4.69, 9.17) is 5.73 Å². The Kier molecular flexibility index (Phi) is 3.65. The topological polar surface area (TPSA) is 26.0 Å². The summed E-state index contributed by atoms with van der Waals surface area (Å²) in [6.45, 7) is 0. The lowest BCUT2D eigenvalue weighted by molar-refractivity contribution is 0.294. The summed E-state index contributed by atoms with van der Waals surface area (Å²) >= 11 is 2.99. The van der Waals surface area contributed by atoms with Crippen LogP contribution in [0.1, 0.15) is 43.7 Å². The predicted octanol–water partition coefficient (Wildman–Crippen LogP) is 4.55. The Morgan fingerprint density at radius 1 is 1.21 bits per heavy atom. The van der Waals surface area contributed by atoms with E-state index in [9.17, 15) is 8.78 Å². The summed E-state index contributed by atoms with van der Waals surface area (Å²) in [5.74, 6) is 1.36. The molecule has 2 aliphatic rings. The first-order chi connectivity index (χ1) is 9.04. The van der Waals surface area contributed by atoms with E-state index in [1.165, 1.54) is 37.8 Å². The van der Waals surface area contributed by atoms with Gasteiger partial charge in [0.2, 0.25) is 0 Å². The molecular formula is C15H18BrF2N. The molecule has 2 saturated carbocycles. The second-order valence-corrected chi connectivity index (χ2v) is 6.92. The first-order valence-electron chi connectivity index (χ1n) is 6.94. The van der Waals surface area contributed by atoms with Gasteiger partial charge in [0.1, 0.15) is 11.6 Å². The maximum absolute atomic E-state index is 13.9. The van der Waals surface area contributed by atoms with Crippen LogP contribution in [-0.2, 0) is 0 Å². The quantitative estimate of drug-likeness (QED) is 0.808. The van der Waals surface area contributed by atoms with Crippen molar-refractivity contribution in [1.29, 1.82) is 0 Å². The van der Waals surface area contributed by atoms with Crippen LogP contribution < -0.4 is 5.73 Å². The Morgan fingerprint density at radius 3 is 2.63 bits per heavy atom. The molecule has 2 aliphatic carbocycles. The highest BCUT2D eigenvalue weighted by molar-refractivity contribution is 9.10. The minimum Gasteiger partial charge on any atom is -0.324 e. The molecule has 2 bridgehead atoms. The number of nitrogens with two attached hydrogens (primary N) is 1. The Balaban J connectivity index is 1.73. The van der Waals surface area contributed by atoms with Gasteiger partial charge in [0.25, 0.3) is 0 Å². The van der Waals surface area contributed by atoms with E-state index in [0.29, 0.717) is 11.5 Å². The van der Waals surface area contributed by atoms with E-state index < -0.39 is 17.7 Å². The number of hydrogen-bond donors (Lipinski definition) is 1. The third kappa shape index (κ3) is 2.57. The zero-order chi connectivity index (χ0) is 13.6. The molecule has 0 aliphatic heterocycles. The first kappa shape index (κ1) is 13.5. The number of halogens is 3. The van der Waals surface area contributed by atoms with Gasteiger partial charge in [-0.1, -0.05) is 6.42 Å². The Labute approximate surface area is 120 Å². The second kappa shape index (κ2) is 5.13. The van der Waals surface area contributed by atoms with Crippen LogP contribution in [0, 0.1) is 29.4 Å². The third-order valence-corrected chi connectivity index (χ3v) is 5.49. The molecule has 0 radical (unpaired) electrons. The van der Waals surface area contributed by atoms with Gasteiger partial charge in [-0.2, -0.15) is 0 Å². The zero-order valence-electron chi connectivity index (χ0n) is 10.7. The molecule has 1 aromatic rings. The molecule has 104 valence electrons. The van der Waals surface area contributed by atoms with Crippen LogP contribution in [-0.4, -0.2) is 0 Å². The van der Waals surface area contributed by atoms with Crippen molar-refractivity contribution in [3.05, 3.63) is 33.8 Å². The molecular weight excluding hydrogens is 312 g/mol. The summed E-state index contributed by atoms with van der Waals surface area (Å²) in [5, 5.41) is 0. The molecule has 19 heavy (non-hydrogen) atoms. The monoisotopic (exact) mass is 329 g/mol. The van der Waals surface area contributed by atoms with E-state index >= 15 is 0 Å². The highest BCUT2D eigenvalue weighted by Crippen LogP contribution is 2.50. The average molecular weight is 330 g/mol. The first-order valence-corrected chi connectivity index (χ1v) is 7.74. The molecule has 1 aromatic carbocycles. The van der Waals surface area contributed by atoms with Crippen LogP contribution in [0.3, 0.4) is 0 Å². The molecule has 0 spiro atoms. The lowest BCUT2D eigenvalue weighted by atomic mass is 9.83. The highest BCUT2D eigenvalue weighted by Gasteiger charge is 2.40. The van der Waals surface area contributed by atoms with Gasteiger partial charge in [0, 0.05) is 11.6 Å². The van der Waals surface area contributed by atoms with Crippen LogP contribution in [0.4, 0.5) is 8.78 Å². The van der Waals surface area contributed by atoms with Crippen molar-refractivity contribution < 1.29 is 8.78 Å². The Morgan fingerprint density at radius 2 is 2.00 bits per heavy atom. The van der Waals surface area contributed by atoms with Crippen LogP contribution in [0.15, 0.2) is 16.6 Å². The van der Waals surface area contributed by atoms with Crippen LogP contribution >= 0.6 is 15.9 Å². The molecule has 0 amide bonds. The third-order valence-electron chi connectivity index (χ3n) is 4.88. The molecule has 4 unspecified atom stereocenters. The molecule has 4 atom stereocenters. The molecule has 0 heterocycles. The van der Waals surface area contributed by atoms with Crippen LogP contribution in [0.5, 0.6) is 0 Å². The summed E-state index contributed by atoms with van der Waals surface area (Å²) in [7, 11) is 0. The number of hydrogen-bond acceptors (Lipinski definition) is 1. The van der Waals surface area contributed by atoms with Gasteiger partial charge in [-0.3, -0.25) is 0 Å². The SMILES string of the molecule is NC(CC1CC2CCC1C2)c1cc(F)c(Br)cc1F. The fraction of sp³-hybridized carbons (Fsp3) is 0.600. The van der Waals surface area contributed by atoms with Crippen molar-refractivity contribution in [2.45, 2.75) is 38.1 Å². The Bertz CT molecular complexity index is 491. The van der Waals surface area contributed by atoms with E-state index in [1.807, 2.05) is 0 Å². The van der Waals surface area contributed by atoms with Crippen molar-refractivity contribution in [3.63, 3.8) is 0 Å². The summed E-state index contributed by atoms with van der Waals surface area (Å²) < 4.78 is 27.5. The molecule has 2 fully saturated rings. The zero-order valence-corrected chi connectivity index (χ0v) is 12.3. The van der Waals surface area contributed by atoms with Crippen molar-refractivity contribution in [2.75, 3.05) is 0 Å². The summed E-state index contributed by atoms with van der Waals surface area (Å²) in [6.07, 6.45) is 5.95. The maximum atomic E-state index is 13.9. The maximum Gasteiger partial charge on any atom is 0.137 e. The van der Waals surface area contributed by atoms with Crippen LogP contribution in [0.2, 0.25) is 0 Å². The minimum absolute atomic E-state index is 0.154. The lowest BCUT2D eigenvalue weighted by Gasteiger charge is -2.25. The van der Waals surface area contributed by atoms with Gasteiger partial charge >= 0.3 is 0 Å². The van der Waals surface area contributed by atoms with E-state index in [1.54, 1.807) is 0 Å². The minimum atomic E-state index is -0.445. The molecule has 4 heteroatoms. The predicted molar refractivity (Wildman–Crippen MR) is 74.5 cm³/mol.